The molecule has 4 unspecified atom stereocenters. The molecule has 45 heavy (non-hydrogen) atoms. The number of carbonyl (C=O) groups is 1. The molecule has 1 heterocycles. The van der Waals surface area contributed by atoms with Crippen LogP contribution in [-0.2, 0) is 27.4 Å². The molecule has 0 spiro atoms. The largest absolute Gasteiger partial charge is 0.496 e. The van der Waals surface area contributed by atoms with Crippen LogP contribution in [0.2, 0.25) is 0 Å². The highest BCUT2D eigenvalue weighted by molar-refractivity contribution is 7.99. The topological polar surface area (TPSA) is 77.0 Å². The van der Waals surface area contributed by atoms with Gasteiger partial charge in [0, 0.05) is 28.7 Å². The molecule has 6 nitrogen and oxygen atoms in total. The molecule has 5 rings (SSSR count). The molecule has 1 amide bonds. The summed E-state index contributed by atoms with van der Waals surface area (Å²) in [7, 11) is 1.68. The van der Waals surface area contributed by atoms with E-state index in [4.69, 9.17) is 49.0 Å². The first-order valence-electron chi connectivity index (χ1n) is 14.5. The Morgan fingerprint density at radius 3 is 2.31 bits per heavy atom. The monoisotopic (exact) mass is 685 g/mol. The van der Waals surface area contributed by atoms with Gasteiger partial charge in [-0.25, -0.2) is 0 Å². The normalized spacial score (nSPS) is 20.0. The van der Waals surface area contributed by atoms with Gasteiger partial charge >= 0.3 is 0 Å². The van der Waals surface area contributed by atoms with Crippen LogP contribution in [0.4, 0.5) is 0 Å². The molecule has 4 aromatic rings. The van der Waals surface area contributed by atoms with Gasteiger partial charge in [-0.15, -0.1) is 11.8 Å². The van der Waals surface area contributed by atoms with Gasteiger partial charge in [0.05, 0.1) is 25.9 Å². The molecule has 4 atom stereocenters. The lowest BCUT2D eigenvalue weighted by Crippen LogP contribution is -2.38. The Labute approximate surface area is 282 Å². The highest BCUT2D eigenvalue weighted by Gasteiger charge is 2.38. The molecule has 0 aromatic heterocycles. The Balaban J connectivity index is 1.40. The first kappa shape index (κ1) is 33.6. The number of hydrogen-bond acceptors (Lipinski definition) is 6. The number of benzene rings is 4. The van der Waals surface area contributed by atoms with Gasteiger partial charge in [-0.3, -0.25) is 4.79 Å². The van der Waals surface area contributed by atoms with E-state index in [1.54, 1.807) is 18.9 Å². The van der Waals surface area contributed by atoms with Gasteiger partial charge in [0.1, 0.15) is 5.75 Å². The second-order valence-electron chi connectivity index (χ2n) is 10.8. The van der Waals surface area contributed by atoms with Crippen molar-refractivity contribution in [2.24, 2.45) is 5.92 Å². The predicted octanol–water partition coefficient (Wildman–Crippen LogP) is 8.42. The number of rotatable bonds is 10. The number of amides is 1. The minimum atomic E-state index is -2.02. The van der Waals surface area contributed by atoms with Crippen molar-refractivity contribution in [2.75, 3.05) is 12.9 Å². The van der Waals surface area contributed by atoms with E-state index in [1.165, 1.54) is 0 Å². The number of thioether (sulfide) groups is 1. The molecule has 1 aliphatic rings. The minimum absolute atomic E-state index is 0.0153. The number of para-hydroxylation sites is 1. The molecular weight excluding hydrogens is 653 g/mol. The van der Waals surface area contributed by atoms with Crippen LogP contribution in [0.15, 0.2) is 102 Å². The van der Waals surface area contributed by atoms with E-state index in [0.717, 1.165) is 44.0 Å². The summed E-state index contributed by atoms with van der Waals surface area (Å²) in [5.41, 5.74) is 5.55. The van der Waals surface area contributed by atoms with Crippen LogP contribution in [-0.4, -0.2) is 33.8 Å². The molecule has 1 fully saturated rings. The molecule has 0 saturated carbocycles. The number of aliphatic hydroxyl groups is 1. The van der Waals surface area contributed by atoms with E-state index in [2.05, 4.69) is 24.4 Å². The number of nitrogens with one attached hydrogen (secondary N) is 1. The van der Waals surface area contributed by atoms with Crippen LogP contribution >= 0.6 is 46.6 Å². The summed E-state index contributed by atoms with van der Waals surface area (Å²) in [6.45, 7) is 2.35. The van der Waals surface area contributed by atoms with Gasteiger partial charge in [-0.1, -0.05) is 115 Å². The summed E-state index contributed by atoms with van der Waals surface area (Å²) in [5, 5.41) is 12.2. The van der Waals surface area contributed by atoms with Crippen molar-refractivity contribution in [3.05, 3.63) is 119 Å². The standard InChI is InChI=1S/C35H34Cl3NO5S/c1-22-30(21-45-31-12-4-3-11-29(31)42-2)43-33(44-32(22)25-15-13-23(20-40)14-16-25)28-10-6-9-27(18-28)26-8-5-7-24(17-26)19-39-34(41)35(36,37)38/h3-18,22,30,32-33,40H,19-21H2,1-2H3,(H,39,41). The van der Waals surface area contributed by atoms with Gasteiger partial charge in [0.25, 0.3) is 9.70 Å². The number of methoxy groups -OCH3 is 1. The van der Waals surface area contributed by atoms with E-state index in [0.29, 0.717) is 5.75 Å². The Morgan fingerprint density at radius 1 is 0.889 bits per heavy atom. The van der Waals surface area contributed by atoms with Crippen molar-refractivity contribution in [3.63, 3.8) is 0 Å². The smallest absolute Gasteiger partial charge is 0.272 e. The van der Waals surface area contributed by atoms with Gasteiger partial charge in [0.15, 0.2) is 6.29 Å². The minimum Gasteiger partial charge on any atom is -0.496 e. The number of carbonyl (C=O) groups excluding carboxylic acids is 1. The fourth-order valence-corrected chi connectivity index (χ4v) is 6.62. The second-order valence-corrected chi connectivity index (χ2v) is 14.1. The van der Waals surface area contributed by atoms with Crippen LogP contribution < -0.4 is 10.1 Å². The Morgan fingerprint density at radius 2 is 1.60 bits per heavy atom. The lowest BCUT2D eigenvalue weighted by molar-refractivity contribution is -0.268. The van der Waals surface area contributed by atoms with Crippen LogP contribution in [0.5, 0.6) is 5.75 Å². The average Bonchev–Trinajstić information content (AvgIpc) is 3.06. The van der Waals surface area contributed by atoms with Crippen molar-refractivity contribution in [1.29, 1.82) is 0 Å². The van der Waals surface area contributed by atoms with Crippen LogP contribution in [0.3, 0.4) is 0 Å². The van der Waals surface area contributed by atoms with Crippen molar-refractivity contribution >= 4 is 52.5 Å². The number of alkyl halides is 3. The predicted molar refractivity (Wildman–Crippen MR) is 181 cm³/mol. The Kier molecular flexibility index (Phi) is 11.4. The quantitative estimate of drug-likeness (QED) is 0.129. The zero-order chi connectivity index (χ0) is 32.0. The van der Waals surface area contributed by atoms with Crippen LogP contribution in [0, 0.1) is 5.92 Å². The van der Waals surface area contributed by atoms with Crippen LogP contribution in [0.25, 0.3) is 11.1 Å². The third-order valence-corrected chi connectivity index (χ3v) is 9.38. The molecular formula is C35H34Cl3NO5S. The summed E-state index contributed by atoms with van der Waals surface area (Å²) in [6, 6.07) is 31.8. The molecule has 0 bridgehead atoms. The number of halogens is 3. The van der Waals surface area contributed by atoms with Crippen molar-refractivity contribution in [1.82, 2.24) is 5.32 Å². The molecule has 0 radical (unpaired) electrons. The Hall–Kier alpha value is -2.75. The number of ether oxygens (including phenoxy) is 3. The fourth-order valence-electron chi connectivity index (χ4n) is 5.23. The highest BCUT2D eigenvalue weighted by atomic mass is 35.6. The molecule has 10 heteroatoms. The van der Waals surface area contributed by atoms with Crippen molar-refractivity contribution in [3.8, 4) is 16.9 Å². The number of aliphatic hydroxyl groups excluding tert-OH is 1. The lowest BCUT2D eigenvalue weighted by atomic mass is 9.91. The fraction of sp³-hybridized carbons (Fsp3) is 0.286. The molecule has 1 saturated heterocycles. The summed E-state index contributed by atoms with van der Waals surface area (Å²) in [6.07, 6.45) is -0.971. The van der Waals surface area contributed by atoms with Gasteiger partial charge in [-0.2, -0.15) is 0 Å². The van der Waals surface area contributed by atoms with Crippen molar-refractivity contribution in [2.45, 2.75) is 47.3 Å². The highest BCUT2D eigenvalue weighted by Crippen LogP contribution is 2.44. The summed E-state index contributed by atoms with van der Waals surface area (Å²) < 4.78 is 16.9. The van der Waals surface area contributed by atoms with Gasteiger partial charge in [0.2, 0.25) is 0 Å². The molecule has 0 aliphatic carbocycles. The average molecular weight is 687 g/mol. The Bertz CT molecular complexity index is 1600. The second kappa shape index (κ2) is 15.2. The molecule has 2 N–H and O–H groups in total. The SMILES string of the molecule is COc1ccccc1SCC1OC(c2cccc(-c3cccc(CNC(=O)C(Cl)(Cl)Cl)c3)c2)OC(c2ccc(CO)cc2)C1C. The maximum Gasteiger partial charge on any atom is 0.272 e. The van der Waals surface area contributed by atoms with E-state index in [1.807, 2.05) is 84.9 Å². The first-order chi connectivity index (χ1) is 21.7. The molecule has 1 aliphatic heterocycles. The van der Waals surface area contributed by atoms with E-state index in [9.17, 15) is 9.90 Å². The summed E-state index contributed by atoms with van der Waals surface area (Å²) in [5.74, 6) is 0.900. The van der Waals surface area contributed by atoms with E-state index in [-0.39, 0.29) is 31.3 Å². The molecule has 236 valence electrons. The zero-order valence-corrected chi connectivity index (χ0v) is 27.9. The first-order valence-corrected chi connectivity index (χ1v) is 16.6. The lowest BCUT2D eigenvalue weighted by Gasteiger charge is -2.41. The van der Waals surface area contributed by atoms with Crippen molar-refractivity contribution < 1.29 is 24.1 Å². The number of hydrogen-bond donors (Lipinski definition) is 2. The van der Waals surface area contributed by atoms with Crippen LogP contribution in [0.1, 0.15) is 41.6 Å². The van der Waals surface area contributed by atoms with Gasteiger partial charge in [-0.05, 0) is 52.1 Å². The van der Waals surface area contributed by atoms with E-state index >= 15 is 0 Å². The maximum absolute atomic E-state index is 12.0. The summed E-state index contributed by atoms with van der Waals surface area (Å²) in [4.78, 5) is 13.1. The summed E-state index contributed by atoms with van der Waals surface area (Å²) >= 11 is 18.8. The van der Waals surface area contributed by atoms with E-state index < -0.39 is 16.0 Å². The van der Waals surface area contributed by atoms with Gasteiger partial charge < -0.3 is 24.6 Å². The third-order valence-electron chi connectivity index (χ3n) is 7.73. The zero-order valence-electron chi connectivity index (χ0n) is 24.8. The maximum atomic E-state index is 12.0. The molecule has 4 aromatic carbocycles. The third kappa shape index (κ3) is 8.54.